The van der Waals surface area contributed by atoms with Crippen LogP contribution in [0.3, 0.4) is 0 Å². The minimum absolute atomic E-state index is 0.0556. The topological polar surface area (TPSA) is 84.6 Å². The highest BCUT2D eigenvalue weighted by Crippen LogP contribution is 2.13. The van der Waals surface area contributed by atoms with E-state index in [4.69, 9.17) is 0 Å². The number of aromatic carboxylic acids is 1. The van der Waals surface area contributed by atoms with Gasteiger partial charge in [-0.25, -0.2) is 9.78 Å². The molecular weight excluding hydrogens is 342 g/mol. The maximum atomic E-state index is 13.0. The van der Waals surface area contributed by atoms with Crippen molar-refractivity contribution < 1.29 is 9.90 Å². The normalized spacial score (nSPS) is 11.3. The number of hydrogen-bond donors (Lipinski definition) is 1. The smallest absolute Gasteiger partial charge is 0.337 e. The van der Waals surface area contributed by atoms with Crippen LogP contribution in [-0.4, -0.2) is 25.4 Å². The largest absolute Gasteiger partial charge is 0.478 e. The fourth-order valence-electron chi connectivity index (χ4n) is 2.87. The van der Waals surface area contributed by atoms with Gasteiger partial charge in [-0.1, -0.05) is 19.4 Å². The summed E-state index contributed by atoms with van der Waals surface area (Å²) in [5.74, 6) is -1.08. The van der Waals surface area contributed by atoms with Gasteiger partial charge in [0.1, 0.15) is 5.65 Å². The number of aryl methyl sites for hydroxylation is 1. The van der Waals surface area contributed by atoms with Gasteiger partial charge in [0.25, 0.3) is 5.56 Å². The second kappa shape index (κ2) is 7.95. The van der Waals surface area contributed by atoms with Crippen molar-refractivity contribution in [2.75, 3.05) is 0 Å². The van der Waals surface area contributed by atoms with Crippen LogP contribution in [0.4, 0.5) is 0 Å². The standard InChI is InChI=1S/C21H21N3O3/c1-3-4-8-17-18(11-10-16-7-5-6-14(2)22-16)23-19-12-9-15(21(26)27)13-24(19)20(17)25/h5-7,9-13H,3-4,8H2,1-2H3,(H,26,27)/b11-10+. The zero-order valence-corrected chi connectivity index (χ0v) is 15.3. The molecule has 3 heterocycles. The summed E-state index contributed by atoms with van der Waals surface area (Å²) in [7, 11) is 0. The van der Waals surface area contributed by atoms with Crippen molar-refractivity contribution >= 4 is 23.8 Å². The van der Waals surface area contributed by atoms with Crippen LogP contribution in [0.25, 0.3) is 17.8 Å². The molecule has 3 aromatic heterocycles. The molecule has 0 unspecified atom stereocenters. The summed E-state index contributed by atoms with van der Waals surface area (Å²) in [6, 6.07) is 8.74. The van der Waals surface area contributed by atoms with Gasteiger partial charge in [0.2, 0.25) is 0 Å². The lowest BCUT2D eigenvalue weighted by molar-refractivity contribution is 0.0696. The maximum absolute atomic E-state index is 13.0. The quantitative estimate of drug-likeness (QED) is 0.723. The summed E-state index contributed by atoms with van der Waals surface area (Å²) < 4.78 is 1.32. The van der Waals surface area contributed by atoms with E-state index in [0.717, 1.165) is 24.2 Å². The Bertz CT molecular complexity index is 1080. The van der Waals surface area contributed by atoms with Crippen molar-refractivity contribution in [3.8, 4) is 0 Å². The van der Waals surface area contributed by atoms with E-state index in [2.05, 4.69) is 16.9 Å². The molecule has 0 aliphatic rings. The molecule has 0 aromatic carbocycles. The van der Waals surface area contributed by atoms with Gasteiger partial charge >= 0.3 is 5.97 Å². The molecule has 0 saturated carbocycles. The molecule has 0 aliphatic carbocycles. The first-order chi connectivity index (χ1) is 13.0. The molecule has 0 saturated heterocycles. The van der Waals surface area contributed by atoms with E-state index in [0.29, 0.717) is 23.3 Å². The van der Waals surface area contributed by atoms with Crippen molar-refractivity contribution in [2.45, 2.75) is 33.1 Å². The van der Waals surface area contributed by atoms with Gasteiger partial charge in [-0.05, 0) is 56.2 Å². The second-order valence-electron chi connectivity index (χ2n) is 6.37. The summed E-state index contributed by atoms with van der Waals surface area (Å²) in [5.41, 5.74) is 3.13. The highest BCUT2D eigenvalue weighted by atomic mass is 16.4. The molecule has 27 heavy (non-hydrogen) atoms. The molecule has 0 aliphatic heterocycles. The van der Waals surface area contributed by atoms with Gasteiger partial charge in [0.05, 0.1) is 17.0 Å². The molecule has 0 bridgehead atoms. The van der Waals surface area contributed by atoms with Crippen LogP contribution in [0.2, 0.25) is 0 Å². The first-order valence-electron chi connectivity index (χ1n) is 8.90. The number of carboxylic acid groups (broad SMARTS) is 1. The second-order valence-corrected chi connectivity index (χ2v) is 6.37. The summed E-state index contributed by atoms with van der Waals surface area (Å²) in [6.07, 6.45) is 7.36. The predicted molar refractivity (Wildman–Crippen MR) is 105 cm³/mol. The molecule has 0 radical (unpaired) electrons. The van der Waals surface area contributed by atoms with Gasteiger partial charge in [-0.15, -0.1) is 0 Å². The third kappa shape index (κ3) is 4.11. The van der Waals surface area contributed by atoms with E-state index in [1.165, 1.54) is 16.7 Å². The zero-order valence-electron chi connectivity index (χ0n) is 15.3. The Morgan fingerprint density at radius 1 is 1.19 bits per heavy atom. The molecule has 138 valence electrons. The van der Waals surface area contributed by atoms with E-state index in [-0.39, 0.29) is 11.1 Å². The number of fused-ring (bicyclic) bond motifs is 1. The van der Waals surface area contributed by atoms with Crippen LogP contribution >= 0.6 is 0 Å². The Hall–Kier alpha value is -3.28. The fourth-order valence-corrected chi connectivity index (χ4v) is 2.87. The van der Waals surface area contributed by atoms with Gasteiger partial charge < -0.3 is 5.11 Å². The van der Waals surface area contributed by atoms with Gasteiger partial charge in [-0.2, -0.15) is 0 Å². The van der Waals surface area contributed by atoms with Gasteiger partial charge in [0, 0.05) is 17.5 Å². The zero-order chi connectivity index (χ0) is 19.4. The summed E-state index contributed by atoms with van der Waals surface area (Å²) in [4.78, 5) is 33.2. The van der Waals surface area contributed by atoms with E-state index >= 15 is 0 Å². The highest BCUT2D eigenvalue weighted by molar-refractivity contribution is 5.87. The summed E-state index contributed by atoms with van der Waals surface area (Å²) >= 11 is 0. The Balaban J connectivity index is 2.13. The Labute approximate surface area is 156 Å². The molecule has 1 N–H and O–H groups in total. The molecule has 6 nitrogen and oxygen atoms in total. The highest BCUT2D eigenvalue weighted by Gasteiger charge is 2.13. The average Bonchev–Trinajstić information content (AvgIpc) is 2.65. The van der Waals surface area contributed by atoms with Crippen LogP contribution in [0.1, 0.15) is 52.8 Å². The van der Waals surface area contributed by atoms with Crippen LogP contribution in [0.15, 0.2) is 41.3 Å². The van der Waals surface area contributed by atoms with Crippen LogP contribution < -0.4 is 5.56 Å². The van der Waals surface area contributed by atoms with Crippen molar-refractivity contribution in [1.82, 2.24) is 14.4 Å². The lowest BCUT2D eigenvalue weighted by Crippen LogP contribution is -2.22. The third-order valence-corrected chi connectivity index (χ3v) is 4.30. The third-order valence-electron chi connectivity index (χ3n) is 4.30. The van der Waals surface area contributed by atoms with Crippen LogP contribution in [-0.2, 0) is 6.42 Å². The Morgan fingerprint density at radius 2 is 2.00 bits per heavy atom. The SMILES string of the molecule is CCCCc1c(/C=C/c2cccc(C)n2)nc2ccc(C(=O)O)cn2c1=O. The molecule has 3 aromatic rings. The number of carboxylic acids is 1. The average molecular weight is 363 g/mol. The monoisotopic (exact) mass is 363 g/mol. The minimum Gasteiger partial charge on any atom is -0.478 e. The van der Waals surface area contributed by atoms with Crippen LogP contribution in [0.5, 0.6) is 0 Å². The van der Waals surface area contributed by atoms with Crippen molar-refractivity contribution in [1.29, 1.82) is 0 Å². The molecule has 0 spiro atoms. The first kappa shape index (κ1) is 18.5. The molecule has 6 heteroatoms. The summed E-state index contributed by atoms with van der Waals surface area (Å²) in [6.45, 7) is 3.98. The maximum Gasteiger partial charge on any atom is 0.337 e. The number of aromatic nitrogens is 3. The lowest BCUT2D eigenvalue weighted by Gasteiger charge is -2.09. The Kier molecular flexibility index (Phi) is 5.45. The molecule has 3 rings (SSSR count). The number of rotatable bonds is 6. The predicted octanol–water partition coefficient (Wildman–Crippen LogP) is 3.61. The molecule has 0 fully saturated rings. The van der Waals surface area contributed by atoms with E-state index in [1.807, 2.05) is 31.2 Å². The van der Waals surface area contributed by atoms with Crippen molar-refractivity contribution in [3.05, 3.63) is 75.1 Å². The van der Waals surface area contributed by atoms with E-state index in [9.17, 15) is 14.7 Å². The number of nitrogens with zero attached hydrogens (tertiary/aromatic N) is 3. The number of unbranched alkanes of at least 4 members (excludes halogenated alkanes) is 1. The molecule has 0 atom stereocenters. The number of carbonyl (C=O) groups is 1. The van der Waals surface area contributed by atoms with Crippen molar-refractivity contribution in [2.24, 2.45) is 0 Å². The van der Waals surface area contributed by atoms with Gasteiger partial charge in [-0.3, -0.25) is 14.2 Å². The fraction of sp³-hybridized carbons (Fsp3) is 0.238. The van der Waals surface area contributed by atoms with Crippen molar-refractivity contribution in [3.63, 3.8) is 0 Å². The lowest BCUT2D eigenvalue weighted by atomic mass is 10.1. The Morgan fingerprint density at radius 3 is 2.70 bits per heavy atom. The minimum atomic E-state index is -1.08. The van der Waals surface area contributed by atoms with Crippen LogP contribution in [0, 0.1) is 6.92 Å². The van der Waals surface area contributed by atoms with Gasteiger partial charge in [0.15, 0.2) is 0 Å². The first-order valence-corrected chi connectivity index (χ1v) is 8.90. The summed E-state index contributed by atoms with van der Waals surface area (Å²) in [5, 5.41) is 9.18. The number of hydrogen-bond acceptors (Lipinski definition) is 4. The number of pyridine rings is 2. The molecular formula is C21H21N3O3. The molecule has 0 amide bonds. The van der Waals surface area contributed by atoms with E-state index < -0.39 is 5.97 Å². The van der Waals surface area contributed by atoms with E-state index in [1.54, 1.807) is 12.1 Å².